The van der Waals surface area contributed by atoms with Crippen molar-refractivity contribution in [3.05, 3.63) is 24.3 Å². The van der Waals surface area contributed by atoms with Gasteiger partial charge in [-0.15, -0.1) is 4.83 Å². The zero-order chi connectivity index (χ0) is 15.3. The van der Waals surface area contributed by atoms with Crippen molar-refractivity contribution < 1.29 is 22.8 Å². The summed E-state index contributed by atoms with van der Waals surface area (Å²) in [6, 6.07) is 5.16. The van der Waals surface area contributed by atoms with Gasteiger partial charge >= 0.3 is 11.8 Å². The van der Waals surface area contributed by atoms with Crippen molar-refractivity contribution in [2.75, 3.05) is 5.32 Å². The van der Waals surface area contributed by atoms with E-state index in [0.29, 0.717) is 5.69 Å². The number of primary amides is 1. The maximum Gasteiger partial charge on any atom is 0.324 e. The molecule has 0 spiro atoms. The second-order valence-electron chi connectivity index (χ2n) is 3.63. The van der Waals surface area contributed by atoms with Gasteiger partial charge in [0, 0.05) is 12.6 Å². The average Bonchev–Trinajstić information content (AvgIpc) is 2.35. The van der Waals surface area contributed by atoms with Crippen LogP contribution in [0.5, 0.6) is 0 Å². The molecule has 0 unspecified atom stereocenters. The number of amides is 3. The van der Waals surface area contributed by atoms with Gasteiger partial charge in [-0.25, -0.2) is 8.42 Å². The summed E-state index contributed by atoms with van der Waals surface area (Å²) < 4.78 is 23.5. The van der Waals surface area contributed by atoms with Crippen molar-refractivity contribution in [2.45, 2.75) is 11.8 Å². The van der Waals surface area contributed by atoms with Gasteiger partial charge in [0.2, 0.25) is 5.91 Å². The number of hydrogen-bond donors (Lipinski definition) is 4. The molecule has 1 aromatic carbocycles. The molecule has 0 aliphatic rings. The van der Waals surface area contributed by atoms with Gasteiger partial charge in [-0.05, 0) is 24.3 Å². The summed E-state index contributed by atoms with van der Waals surface area (Å²) in [6.07, 6.45) is 0. The van der Waals surface area contributed by atoms with Gasteiger partial charge in [0.25, 0.3) is 10.0 Å². The van der Waals surface area contributed by atoms with Crippen LogP contribution in [-0.2, 0) is 24.4 Å². The van der Waals surface area contributed by atoms with E-state index in [4.69, 9.17) is 0 Å². The summed E-state index contributed by atoms with van der Waals surface area (Å²) in [6.45, 7) is 1.31. The molecule has 0 fully saturated rings. The van der Waals surface area contributed by atoms with Crippen LogP contribution in [-0.4, -0.2) is 26.1 Å². The fourth-order valence-corrected chi connectivity index (χ4v) is 1.99. The zero-order valence-electron chi connectivity index (χ0n) is 10.3. The normalized spacial score (nSPS) is 10.7. The lowest BCUT2D eigenvalue weighted by molar-refractivity contribution is -0.137. The molecule has 0 aromatic heterocycles. The largest absolute Gasteiger partial charge is 0.361 e. The van der Waals surface area contributed by atoms with E-state index in [1.54, 1.807) is 10.3 Å². The molecule has 0 radical (unpaired) electrons. The van der Waals surface area contributed by atoms with Crippen molar-refractivity contribution >= 4 is 33.4 Å². The van der Waals surface area contributed by atoms with Crippen LogP contribution in [0.1, 0.15) is 6.92 Å². The summed E-state index contributed by atoms with van der Waals surface area (Å²) in [5, 5.41) is 2.46. The molecular formula is C10H12N4O5S. The maximum atomic E-state index is 11.7. The van der Waals surface area contributed by atoms with E-state index in [1.807, 2.05) is 0 Å². The average molecular weight is 300 g/mol. The van der Waals surface area contributed by atoms with Gasteiger partial charge in [0.05, 0.1) is 4.90 Å². The van der Waals surface area contributed by atoms with E-state index in [0.717, 1.165) is 0 Å². The topological polar surface area (TPSA) is 147 Å². The Morgan fingerprint density at radius 1 is 1.10 bits per heavy atom. The predicted molar refractivity (Wildman–Crippen MR) is 68.4 cm³/mol. The number of carbonyl (C=O) groups is 3. The second-order valence-corrected chi connectivity index (χ2v) is 5.31. The molecule has 0 saturated carbocycles. The van der Waals surface area contributed by atoms with Crippen LogP contribution in [0.2, 0.25) is 0 Å². The van der Waals surface area contributed by atoms with Crippen LogP contribution < -0.4 is 21.3 Å². The van der Waals surface area contributed by atoms with Gasteiger partial charge in [-0.1, -0.05) is 0 Å². The number of nitrogens with one attached hydrogen (secondary N) is 3. The van der Waals surface area contributed by atoms with Gasteiger partial charge in [-0.3, -0.25) is 19.8 Å². The Labute approximate surface area is 114 Å². The first-order valence-corrected chi connectivity index (χ1v) is 6.70. The van der Waals surface area contributed by atoms with E-state index in [9.17, 15) is 22.8 Å². The number of hydrazine groups is 1. The van der Waals surface area contributed by atoms with Crippen molar-refractivity contribution in [1.29, 1.82) is 0 Å². The lowest BCUT2D eigenvalue weighted by atomic mass is 10.3. The van der Waals surface area contributed by atoms with E-state index >= 15 is 0 Å². The molecule has 108 valence electrons. The monoisotopic (exact) mass is 300 g/mol. The molecule has 1 rings (SSSR count). The lowest BCUT2D eigenvalue weighted by Gasteiger charge is -2.08. The van der Waals surface area contributed by atoms with E-state index < -0.39 is 21.8 Å². The number of sulfonamides is 1. The first-order valence-electron chi connectivity index (χ1n) is 5.21. The number of carbonyl (C=O) groups excluding carboxylic acids is 3. The highest BCUT2D eigenvalue weighted by molar-refractivity contribution is 7.89. The predicted octanol–water partition coefficient (Wildman–Crippen LogP) is -1.56. The summed E-state index contributed by atoms with van der Waals surface area (Å²) in [5.74, 6) is -2.91. The number of benzene rings is 1. The van der Waals surface area contributed by atoms with Crippen molar-refractivity contribution in [1.82, 2.24) is 10.3 Å². The smallest absolute Gasteiger partial charge is 0.324 e. The van der Waals surface area contributed by atoms with Gasteiger partial charge < -0.3 is 11.1 Å². The molecule has 0 saturated heterocycles. The van der Waals surface area contributed by atoms with E-state index in [2.05, 4.69) is 11.1 Å². The number of anilines is 1. The summed E-state index contributed by atoms with van der Waals surface area (Å²) in [7, 11) is -4.04. The standard InChI is InChI=1S/C10H12N4O5S/c1-6(15)12-7-2-4-8(5-3-7)20(18,19)14-13-10(17)9(11)16/h2-5,14H,1H3,(H2,11,16)(H,12,15)(H,13,17). The molecule has 0 atom stereocenters. The first kappa shape index (κ1) is 15.6. The van der Waals surface area contributed by atoms with Crippen molar-refractivity contribution in [2.24, 2.45) is 5.73 Å². The minimum absolute atomic E-state index is 0.170. The Kier molecular flexibility index (Phi) is 4.78. The molecular weight excluding hydrogens is 288 g/mol. The van der Waals surface area contributed by atoms with Crippen LogP contribution >= 0.6 is 0 Å². The van der Waals surface area contributed by atoms with Gasteiger partial charge in [0.1, 0.15) is 0 Å². The third-order valence-electron chi connectivity index (χ3n) is 2.01. The molecule has 0 aliphatic carbocycles. The minimum Gasteiger partial charge on any atom is -0.361 e. The summed E-state index contributed by atoms with van der Waals surface area (Å²) in [5.41, 5.74) is 6.71. The molecule has 1 aromatic rings. The Hall–Kier alpha value is -2.46. The molecule has 0 heterocycles. The zero-order valence-corrected chi connectivity index (χ0v) is 11.2. The second kappa shape index (κ2) is 6.12. The first-order chi connectivity index (χ1) is 9.22. The molecule has 0 bridgehead atoms. The van der Waals surface area contributed by atoms with Gasteiger partial charge in [-0.2, -0.15) is 0 Å². The number of nitrogens with two attached hydrogens (primary N) is 1. The Morgan fingerprint density at radius 3 is 2.10 bits per heavy atom. The highest BCUT2D eigenvalue weighted by Gasteiger charge is 2.16. The van der Waals surface area contributed by atoms with Crippen LogP contribution in [0.25, 0.3) is 0 Å². The van der Waals surface area contributed by atoms with Crippen molar-refractivity contribution in [3.8, 4) is 0 Å². The maximum absolute atomic E-state index is 11.7. The molecule has 5 N–H and O–H groups in total. The molecule has 3 amide bonds. The summed E-state index contributed by atoms with van der Waals surface area (Å²) >= 11 is 0. The van der Waals surface area contributed by atoms with Crippen LogP contribution in [0.4, 0.5) is 5.69 Å². The third-order valence-corrected chi connectivity index (χ3v) is 3.27. The van der Waals surface area contributed by atoms with Crippen LogP contribution in [0.15, 0.2) is 29.2 Å². The fourth-order valence-electron chi connectivity index (χ4n) is 1.15. The van der Waals surface area contributed by atoms with Crippen LogP contribution in [0.3, 0.4) is 0 Å². The summed E-state index contributed by atoms with van der Waals surface area (Å²) in [4.78, 5) is 33.6. The third kappa shape index (κ3) is 4.33. The number of rotatable bonds is 4. The Balaban J connectivity index is 2.80. The lowest BCUT2D eigenvalue weighted by Crippen LogP contribution is -2.46. The van der Waals surface area contributed by atoms with E-state index in [-0.39, 0.29) is 10.8 Å². The molecule has 9 nitrogen and oxygen atoms in total. The molecule has 10 heteroatoms. The number of hydrogen-bond acceptors (Lipinski definition) is 5. The highest BCUT2D eigenvalue weighted by Crippen LogP contribution is 2.13. The minimum atomic E-state index is -4.04. The van der Waals surface area contributed by atoms with Crippen molar-refractivity contribution in [3.63, 3.8) is 0 Å². The van der Waals surface area contributed by atoms with E-state index in [1.165, 1.54) is 31.2 Å². The Morgan fingerprint density at radius 2 is 1.65 bits per heavy atom. The molecule has 0 aliphatic heterocycles. The Bertz CT molecular complexity index is 638. The quantitative estimate of drug-likeness (QED) is 0.392. The fraction of sp³-hybridized carbons (Fsp3) is 0.100. The molecule has 20 heavy (non-hydrogen) atoms. The highest BCUT2D eigenvalue weighted by atomic mass is 32.2. The van der Waals surface area contributed by atoms with Gasteiger partial charge in [0.15, 0.2) is 0 Å². The van der Waals surface area contributed by atoms with Crippen LogP contribution in [0, 0.1) is 0 Å². The SMILES string of the molecule is CC(=O)Nc1ccc(S(=O)(=O)NNC(=O)C(N)=O)cc1.